The van der Waals surface area contributed by atoms with E-state index in [0.29, 0.717) is 0 Å². The van der Waals surface area contributed by atoms with Gasteiger partial charge in [0.15, 0.2) is 0 Å². The monoisotopic (exact) mass is 391 g/mol. The number of sulfonamides is 1. The molecule has 1 heterocycles. The topological polar surface area (TPSA) is 104 Å². The zero-order chi connectivity index (χ0) is 18.7. The second-order valence-electron chi connectivity index (χ2n) is 5.38. The molecule has 7 nitrogen and oxygen atoms in total. The normalized spacial score (nSPS) is 11.3. The highest BCUT2D eigenvalue weighted by atomic mass is 35.5. The second kappa shape index (κ2) is 7.28. The fourth-order valence-electron chi connectivity index (χ4n) is 2.25. The molecule has 3 rings (SSSR count). The van der Waals surface area contributed by atoms with Crippen LogP contribution < -0.4 is 5.14 Å². The summed E-state index contributed by atoms with van der Waals surface area (Å²) in [4.78, 5) is 11.8. The number of carbonyl (C=O) groups is 1. The van der Waals surface area contributed by atoms with Gasteiger partial charge in [0.05, 0.1) is 16.3 Å². The van der Waals surface area contributed by atoms with E-state index in [1.807, 2.05) is 36.5 Å². The molecular weight excluding hydrogens is 378 g/mol. The largest absolute Gasteiger partial charge is 0.457 e. The summed E-state index contributed by atoms with van der Waals surface area (Å²) in [5, 5.41) is 9.14. The third-order valence-electron chi connectivity index (χ3n) is 3.55. The molecule has 3 aromatic rings. The van der Waals surface area contributed by atoms with Crippen LogP contribution in [0.15, 0.2) is 65.8 Å². The number of carbonyl (C=O) groups excluding carboxylic acids is 1. The molecule has 0 aliphatic rings. The maximum Gasteiger partial charge on any atom is 0.338 e. The summed E-state index contributed by atoms with van der Waals surface area (Å²) in [6.45, 7) is 0.0333. The van der Waals surface area contributed by atoms with Crippen LogP contribution in [-0.2, 0) is 21.4 Å². The number of hydrogen-bond acceptors (Lipinski definition) is 5. The molecule has 0 spiro atoms. The van der Waals surface area contributed by atoms with Crippen molar-refractivity contribution in [1.29, 1.82) is 0 Å². The molecule has 0 saturated carbocycles. The van der Waals surface area contributed by atoms with Crippen molar-refractivity contribution in [2.45, 2.75) is 11.5 Å². The van der Waals surface area contributed by atoms with Gasteiger partial charge < -0.3 is 4.74 Å². The van der Waals surface area contributed by atoms with Gasteiger partial charge >= 0.3 is 5.97 Å². The Morgan fingerprint density at radius 1 is 1.19 bits per heavy atom. The lowest BCUT2D eigenvalue weighted by atomic mass is 10.2. The zero-order valence-electron chi connectivity index (χ0n) is 13.4. The molecule has 0 aliphatic carbocycles. The molecular formula is C17H14ClN3O4S. The van der Waals surface area contributed by atoms with Gasteiger partial charge in [0, 0.05) is 12.4 Å². The average Bonchev–Trinajstić information content (AvgIpc) is 3.14. The van der Waals surface area contributed by atoms with E-state index in [9.17, 15) is 13.2 Å². The van der Waals surface area contributed by atoms with Gasteiger partial charge in [0.25, 0.3) is 0 Å². The molecule has 9 heteroatoms. The molecule has 0 radical (unpaired) electrons. The van der Waals surface area contributed by atoms with Crippen LogP contribution in [0, 0.1) is 0 Å². The van der Waals surface area contributed by atoms with Crippen LogP contribution in [0.3, 0.4) is 0 Å². The fraction of sp³-hybridized carbons (Fsp3) is 0.0588. The van der Waals surface area contributed by atoms with Crippen LogP contribution in [-0.4, -0.2) is 24.2 Å². The van der Waals surface area contributed by atoms with Crippen molar-refractivity contribution in [3.63, 3.8) is 0 Å². The van der Waals surface area contributed by atoms with Crippen molar-refractivity contribution >= 4 is 27.6 Å². The second-order valence-corrected chi connectivity index (χ2v) is 7.32. The molecule has 1 aromatic heterocycles. The first kappa shape index (κ1) is 18.1. The minimum atomic E-state index is -4.03. The van der Waals surface area contributed by atoms with Gasteiger partial charge in [-0.2, -0.15) is 5.10 Å². The predicted octanol–water partition coefficient (Wildman–Crippen LogP) is 2.53. The quantitative estimate of drug-likeness (QED) is 0.673. The Morgan fingerprint density at radius 3 is 2.54 bits per heavy atom. The average molecular weight is 392 g/mol. The van der Waals surface area contributed by atoms with Crippen molar-refractivity contribution in [2.75, 3.05) is 0 Å². The summed E-state index contributed by atoms with van der Waals surface area (Å²) in [7, 11) is -4.03. The molecule has 134 valence electrons. The van der Waals surface area contributed by atoms with Crippen LogP contribution in [0.2, 0.25) is 5.02 Å². The maximum absolute atomic E-state index is 12.1. The Balaban J connectivity index is 1.69. The SMILES string of the molecule is NS(=O)(=O)c1cc(C(=O)OCc2ccc(-n3cccn3)cc2)ccc1Cl. The number of primary sulfonamides is 1. The maximum atomic E-state index is 12.1. The van der Waals surface area contributed by atoms with E-state index in [1.165, 1.54) is 12.1 Å². The Hall–Kier alpha value is -2.68. The van der Waals surface area contributed by atoms with E-state index < -0.39 is 16.0 Å². The Morgan fingerprint density at radius 2 is 1.92 bits per heavy atom. The Bertz CT molecular complexity index is 1030. The number of halogens is 1. The van der Waals surface area contributed by atoms with Gasteiger partial charge in [-0.1, -0.05) is 23.7 Å². The van der Waals surface area contributed by atoms with Crippen molar-refractivity contribution in [3.05, 3.63) is 77.1 Å². The van der Waals surface area contributed by atoms with Crippen molar-refractivity contribution in [2.24, 2.45) is 5.14 Å². The molecule has 0 fully saturated rings. The molecule has 0 aliphatic heterocycles. The first-order chi connectivity index (χ1) is 12.3. The smallest absolute Gasteiger partial charge is 0.338 e. The first-order valence-corrected chi connectivity index (χ1v) is 9.35. The molecule has 2 N–H and O–H groups in total. The lowest BCUT2D eigenvalue weighted by Gasteiger charge is -2.08. The molecule has 0 atom stereocenters. The number of nitrogens with two attached hydrogens (primary N) is 1. The predicted molar refractivity (Wildman–Crippen MR) is 95.5 cm³/mol. The van der Waals surface area contributed by atoms with Gasteiger partial charge in [-0.25, -0.2) is 23.0 Å². The highest BCUT2D eigenvalue weighted by Gasteiger charge is 2.17. The summed E-state index contributed by atoms with van der Waals surface area (Å²) < 4.78 is 29.9. The summed E-state index contributed by atoms with van der Waals surface area (Å²) in [5.74, 6) is -0.678. The highest BCUT2D eigenvalue weighted by Crippen LogP contribution is 2.22. The van der Waals surface area contributed by atoms with Crippen LogP contribution in [0.25, 0.3) is 5.69 Å². The van der Waals surface area contributed by atoms with E-state index in [0.717, 1.165) is 17.3 Å². The molecule has 26 heavy (non-hydrogen) atoms. The minimum absolute atomic E-state index is 0.0333. The highest BCUT2D eigenvalue weighted by molar-refractivity contribution is 7.89. The molecule has 0 bridgehead atoms. The van der Waals surface area contributed by atoms with E-state index in [1.54, 1.807) is 10.9 Å². The standard InChI is InChI=1S/C17H14ClN3O4S/c18-15-7-4-13(10-16(15)26(19,23)24)17(22)25-11-12-2-5-14(6-3-12)21-9-1-8-20-21/h1-10H,11H2,(H2,19,23,24). The van der Waals surface area contributed by atoms with Crippen LogP contribution >= 0.6 is 11.6 Å². The van der Waals surface area contributed by atoms with Crippen molar-refractivity contribution < 1.29 is 17.9 Å². The van der Waals surface area contributed by atoms with Gasteiger partial charge in [0.2, 0.25) is 10.0 Å². The summed E-state index contributed by atoms with van der Waals surface area (Å²) in [5.41, 5.74) is 1.70. The fourth-order valence-corrected chi connectivity index (χ4v) is 3.32. The number of esters is 1. The third-order valence-corrected chi connectivity index (χ3v) is 4.94. The van der Waals surface area contributed by atoms with Crippen LogP contribution in [0.4, 0.5) is 0 Å². The number of rotatable bonds is 5. The van der Waals surface area contributed by atoms with Crippen LogP contribution in [0.1, 0.15) is 15.9 Å². The van der Waals surface area contributed by atoms with Crippen LogP contribution in [0.5, 0.6) is 0 Å². The summed E-state index contributed by atoms with van der Waals surface area (Å²) in [6.07, 6.45) is 3.50. The van der Waals surface area contributed by atoms with E-state index in [2.05, 4.69) is 5.10 Å². The van der Waals surface area contributed by atoms with Gasteiger partial charge in [-0.3, -0.25) is 0 Å². The summed E-state index contributed by atoms with van der Waals surface area (Å²) >= 11 is 5.80. The number of aromatic nitrogens is 2. The zero-order valence-corrected chi connectivity index (χ0v) is 14.9. The molecule has 0 saturated heterocycles. The molecule has 0 amide bonds. The van der Waals surface area contributed by atoms with E-state index >= 15 is 0 Å². The number of hydrogen-bond donors (Lipinski definition) is 1. The van der Waals surface area contributed by atoms with Crippen molar-refractivity contribution in [3.8, 4) is 5.69 Å². The van der Waals surface area contributed by atoms with E-state index in [-0.39, 0.29) is 22.1 Å². The Labute approximate surface area is 155 Å². The number of benzene rings is 2. The lowest BCUT2D eigenvalue weighted by molar-refractivity contribution is 0.0472. The van der Waals surface area contributed by atoms with Gasteiger partial charge in [-0.05, 0) is 42.0 Å². The lowest BCUT2D eigenvalue weighted by Crippen LogP contribution is -2.14. The van der Waals surface area contributed by atoms with Gasteiger partial charge in [-0.15, -0.1) is 0 Å². The van der Waals surface area contributed by atoms with Gasteiger partial charge in [0.1, 0.15) is 11.5 Å². The number of ether oxygens (including phenoxy) is 1. The minimum Gasteiger partial charge on any atom is -0.457 e. The third kappa shape index (κ3) is 4.10. The Kier molecular flexibility index (Phi) is 5.08. The van der Waals surface area contributed by atoms with E-state index in [4.69, 9.17) is 21.5 Å². The summed E-state index contributed by atoms with van der Waals surface area (Å²) in [6, 6.07) is 12.9. The molecule has 2 aromatic carbocycles. The number of nitrogens with zero attached hydrogens (tertiary/aromatic N) is 2. The molecule has 0 unspecified atom stereocenters. The first-order valence-electron chi connectivity index (χ1n) is 7.43. The van der Waals surface area contributed by atoms with Crippen molar-refractivity contribution in [1.82, 2.24) is 9.78 Å².